The van der Waals surface area contributed by atoms with Crippen LogP contribution in [0.2, 0.25) is 0 Å². The molecule has 0 heterocycles. The second kappa shape index (κ2) is 6.32. The zero-order chi connectivity index (χ0) is 12.7. The van der Waals surface area contributed by atoms with Crippen LogP contribution in [0.4, 0.5) is 10.5 Å². The maximum Gasteiger partial charge on any atom is 0.328 e. The van der Waals surface area contributed by atoms with Crippen LogP contribution in [0.5, 0.6) is 0 Å². The average molecular weight is 234 g/mol. The number of benzene rings is 1. The molecule has 1 aromatic rings. The number of carboxylic acid groups (broad SMARTS) is 1. The van der Waals surface area contributed by atoms with Crippen LogP contribution in [0, 0.1) is 0 Å². The summed E-state index contributed by atoms with van der Waals surface area (Å²) in [6, 6.07) is 6.62. The summed E-state index contributed by atoms with van der Waals surface area (Å²) in [6.07, 6.45) is 2.51. The number of aliphatic carboxylic acids is 1. The lowest BCUT2D eigenvalue weighted by Gasteiger charge is -2.06. The second-order valence-electron chi connectivity index (χ2n) is 3.28. The lowest BCUT2D eigenvalue weighted by molar-refractivity contribution is -0.131. The molecule has 0 aliphatic heterocycles. The van der Waals surface area contributed by atoms with Crippen LogP contribution in [0.15, 0.2) is 30.3 Å². The van der Waals surface area contributed by atoms with Crippen molar-refractivity contribution in [2.45, 2.75) is 6.92 Å². The van der Waals surface area contributed by atoms with Crippen molar-refractivity contribution in [3.63, 3.8) is 0 Å². The van der Waals surface area contributed by atoms with Crippen LogP contribution < -0.4 is 10.6 Å². The molecule has 0 bridgehead atoms. The Morgan fingerprint density at radius 2 is 2.18 bits per heavy atom. The highest BCUT2D eigenvalue weighted by Gasteiger charge is 1.99. The molecule has 0 unspecified atom stereocenters. The summed E-state index contributed by atoms with van der Waals surface area (Å²) >= 11 is 0. The minimum absolute atomic E-state index is 0.285. The molecule has 0 fully saturated rings. The molecular formula is C12H14N2O3. The standard InChI is InChI=1S/C12H14N2O3/c1-2-13-12(17)14-10-5-3-4-9(8-10)6-7-11(15)16/h3-8H,2H2,1H3,(H,15,16)(H2,13,14,17). The van der Waals surface area contributed by atoms with Gasteiger partial charge < -0.3 is 15.7 Å². The fourth-order valence-electron chi connectivity index (χ4n) is 1.22. The predicted octanol–water partition coefficient (Wildman–Crippen LogP) is 1.93. The van der Waals surface area contributed by atoms with Crippen LogP contribution >= 0.6 is 0 Å². The molecule has 0 aliphatic carbocycles. The minimum Gasteiger partial charge on any atom is -0.478 e. The first kappa shape index (κ1) is 12.8. The van der Waals surface area contributed by atoms with Crippen molar-refractivity contribution in [3.8, 4) is 0 Å². The van der Waals surface area contributed by atoms with E-state index in [1.807, 2.05) is 6.92 Å². The number of hydrogen-bond donors (Lipinski definition) is 3. The summed E-state index contributed by atoms with van der Waals surface area (Å²) in [4.78, 5) is 21.6. The van der Waals surface area contributed by atoms with E-state index in [9.17, 15) is 9.59 Å². The van der Waals surface area contributed by atoms with E-state index in [2.05, 4.69) is 10.6 Å². The van der Waals surface area contributed by atoms with Crippen molar-refractivity contribution in [2.75, 3.05) is 11.9 Å². The van der Waals surface area contributed by atoms with Gasteiger partial charge in [-0.2, -0.15) is 0 Å². The zero-order valence-corrected chi connectivity index (χ0v) is 9.43. The number of rotatable bonds is 4. The van der Waals surface area contributed by atoms with Crippen LogP contribution in [0.25, 0.3) is 6.08 Å². The van der Waals surface area contributed by atoms with Gasteiger partial charge in [0.15, 0.2) is 0 Å². The third-order valence-electron chi connectivity index (χ3n) is 1.90. The topological polar surface area (TPSA) is 78.4 Å². The average Bonchev–Trinajstić information content (AvgIpc) is 2.27. The number of nitrogens with one attached hydrogen (secondary N) is 2. The van der Waals surface area contributed by atoms with E-state index < -0.39 is 5.97 Å². The maximum absolute atomic E-state index is 11.3. The fourth-order valence-corrected chi connectivity index (χ4v) is 1.22. The summed E-state index contributed by atoms with van der Waals surface area (Å²) in [5.41, 5.74) is 1.32. The first-order valence-corrected chi connectivity index (χ1v) is 5.17. The highest BCUT2D eigenvalue weighted by Crippen LogP contribution is 2.11. The second-order valence-corrected chi connectivity index (χ2v) is 3.28. The number of hydrogen-bond acceptors (Lipinski definition) is 2. The monoisotopic (exact) mass is 234 g/mol. The lowest BCUT2D eigenvalue weighted by Crippen LogP contribution is -2.28. The Balaban J connectivity index is 2.72. The largest absolute Gasteiger partial charge is 0.478 e. The van der Waals surface area contributed by atoms with Gasteiger partial charge in [0.1, 0.15) is 0 Å². The fraction of sp³-hybridized carbons (Fsp3) is 0.167. The quantitative estimate of drug-likeness (QED) is 0.696. The lowest BCUT2D eigenvalue weighted by atomic mass is 10.2. The molecule has 5 nitrogen and oxygen atoms in total. The third kappa shape index (κ3) is 4.83. The summed E-state index contributed by atoms with van der Waals surface area (Å²) in [7, 11) is 0. The van der Waals surface area contributed by atoms with Gasteiger partial charge in [0, 0.05) is 18.3 Å². The molecule has 0 saturated heterocycles. The number of carbonyl (C=O) groups excluding carboxylic acids is 1. The Hall–Kier alpha value is -2.30. The Morgan fingerprint density at radius 1 is 1.41 bits per heavy atom. The van der Waals surface area contributed by atoms with E-state index in [0.717, 1.165) is 6.08 Å². The minimum atomic E-state index is -1.01. The Labute approximate surface area is 99.1 Å². The molecule has 0 radical (unpaired) electrons. The van der Waals surface area contributed by atoms with E-state index in [0.29, 0.717) is 17.8 Å². The molecule has 0 saturated carbocycles. The molecule has 0 atom stereocenters. The van der Waals surface area contributed by atoms with Crippen molar-refractivity contribution in [3.05, 3.63) is 35.9 Å². The first-order valence-electron chi connectivity index (χ1n) is 5.17. The van der Waals surface area contributed by atoms with Crippen molar-refractivity contribution in [2.24, 2.45) is 0 Å². The van der Waals surface area contributed by atoms with E-state index in [-0.39, 0.29) is 6.03 Å². The number of amides is 2. The normalized spacial score (nSPS) is 10.2. The van der Waals surface area contributed by atoms with Gasteiger partial charge in [-0.3, -0.25) is 0 Å². The van der Waals surface area contributed by atoms with Gasteiger partial charge >= 0.3 is 12.0 Å². The van der Waals surface area contributed by atoms with Gasteiger partial charge in [-0.25, -0.2) is 9.59 Å². The zero-order valence-electron chi connectivity index (χ0n) is 9.43. The van der Waals surface area contributed by atoms with Crippen molar-refractivity contribution in [1.29, 1.82) is 0 Å². The number of carbonyl (C=O) groups is 2. The predicted molar refractivity (Wildman–Crippen MR) is 65.8 cm³/mol. The number of carboxylic acids is 1. The summed E-state index contributed by atoms with van der Waals surface area (Å²) < 4.78 is 0. The molecule has 0 aliphatic rings. The van der Waals surface area contributed by atoms with Crippen molar-refractivity contribution in [1.82, 2.24) is 5.32 Å². The third-order valence-corrected chi connectivity index (χ3v) is 1.90. The van der Waals surface area contributed by atoms with Crippen molar-refractivity contribution < 1.29 is 14.7 Å². The molecule has 90 valence electrons. The number of anilines is 1. The SMILES string of the molecule is CCNC(=O)Nc1cccc(C=CC(=O)O)c1. The van der Waals surface area contributed by atoms with Crippen LogP contribution in [0.1, 0.15) is 12.5 Å². The summed E-state index contributed by atoms with van der Waals surface area (Å²) in [6.45, 7) is 2.37. The van der Waals surface area contributed by atoms with Crippen LogP contribution in [-0.4, -0.2) is 23.7 Å². The Bertz CT molecular complexity index is 441. The van der Waals surface area contributed by atoms with Gasteiger partial charge in [-0.15, -0.1) is 0 Å². The van der Waals surface area contributed by atoms with Gasteiger partial charge in [-0.05, 0) is 30.7 Å². The summed E-state index contributed by atoms with van der Waals surface area (Å²) in [5, 5.41) is 13.7. The number of urea groups is 1. The maximum atomic E-state index is 11.3. The smallest absolute Gasteiger partial charge is 0.328 e. The van der Waals surface area contributed by atoms with Gasteiger partial charge in [0.2, 0.25) is 0 Å². The molecular weight excluding hydrogens is 220 g/mol. The molecule has 0 aromatic heterocycles. The van der Waals surface area contributed by atoms with E-state index in [1.54, 1.807) is 24.3 Å². The molecule has 1 rings (SSSR count). The van der Waals surface area contributed by atoms with Gasteiger partial charge in [0.05, 0.1) is 0 Å². The Kier molecular flexibility index (Phi) is 4.75. The highest BCUT2D eigenvalue weighted by molar-refractivity contribution is 5.90. The van der Waals surface area contributed by atoms with Crippen LogP contribution in [-0.2, 0) is 4.79 Å². The molecule has 1 aromatic carbocycles. The highest BCUT2D eigenvalue weighted by atomic mass is 16.4. The molecule has 2 amide bonds. The van der Waals surface area contributed by atoms with Gasteiger partial charge in [-0.1, -0.05) is 12.1 Å². The van der Waals surface area contributed by atoms with Gasteiger partial charge in [0.25, 0.3) is 0 Å². The van der Waals surface area contributed by atoms with E-state index in [4.69, 9.17) is 5.11 Å². The van der Waals surface area contributed by atoms with E-state index in [1.165, 1.54) is 6.08 Å². The van der Waals surface area contributed by atoms with E-state index >= 15 is 0 Å². The molecule has 5 heteroatoms. The molecule has 17 heavy (non-hydrogen) atoms. The van der Waals surface area contributed by atoms with Crippen molar-refractivity contribution >= 4 is 23.8 Å². The Morgan fingerprint density at radius 3 is 2.82 bits per heavy atom. The molecule has 3 N–H and O–H groups in total. The first-order chi connectivity index (χ1) is 8.11. The molecule has 0 spiro atoms. The van der Waals surface area contributed by atoms with Crippen LogP contribution in [0.3, 0.4) is 0 Å². The summed E-state index contributed by atoms with van der Waals surface area (Å²) in [5.74, 6) is -1.01.